The summed E-state index contributed by atoms with van der Waals surface area (Å²) in [6.07, 6.45) is 9.36. The van der Waals surface area contributed by atoms with E-state index in [1.54, 1.807) is 0 Å². The molecule has 2 unspecified atom stereocenters. The van der Waals surface area contributed by atoms with Crippen LogP contribution in [-0.4, -0.2) is 42.5 Å². The summed E-state index contributed by atoms with van der Waals surface area (Å²) in [5, 5.41) is 6.09. The van der Waals surface area contributed by atoms with Crippen LogP contribution in [0.3, 0.4) is 0 Å². The summed E-state index contributed by atoms with van der Waals surface area (Å²) in [4.78, 5) is 27.0. The Hall–Kier alpha value is -1.26. The van der Waals surface area contributed by atoms with E-state index in [0.717, 1.165) is 70.9 Å². The molecular weight excluding hydrogens is 278 g/mol. The molecule has 2 aliphatic rings. The lowest BCUT2D eigenvalue weighted by Gasteiger charge is -2.39. The molecule has 1 saturated carbocycles. The highest BCUT2D eigenvalue weighted by molar-refractivity contribution is 5.81. The lowest BCUT2D eigenvalue weighted by molar-refractivity contribution is -0.127. The topological polar surface area (TPSA) is 61.4 Å². The molecule has 2 N–H and O–H groups in total. The van der Waals surface area contributed by atoms with Gasteiger partial charge in [-0.25, -0.2) is 4.79 Å². The number of rotatable bonds is 2. The molecule has 2 atom stereocenters. The van der Waals surface area contributed by atoms with Crippen molar-refractivity contribution < 1.29 is 9.59 Å². The number of carbonyl (C=O) groups is 2. The van der Waals surface area contributed by atoms with Crippen LogP contribution in [0.2, 0.25) is 0 Å². The molecule has 0 spiro atoms. The minimum Gasteiger partial charge on any atom is -0.356 e. The van der Waals surface area contributed by atoms with Gasteiger partial charge in [0.2, 0.25) is 5.91 Å². The van der Waals surface area contributed by atoms with Crippen LogP contribution in [0.1, 0.15) is 64.7 Å². The van der Waals surface area contributed by atoms with Gasteiger partial charge in [0.15, 0.2) is 0 Å². The molecule has 5 nitrogen and oxygen atoms in total. The predicted molar refractivity (Wildman–Crippen MR) is 87.6 cm³/mol. The molecule has 1 aliphatic carbocycles. The summed E-state index contributed by atoms with van der Waals surface area (Å²) in [6.45, 7) is 4.33. The van der Waals surface area contributed by atoms with Crippen molar-refractivity contribution in [2.24, 2.45) is 5.92 Å². The number of hydrogen-bond acceptors (Lipinski definition) is 2. The monoisotopic (exact) mass is 309 g/mol. The van der Waals surface area contributed by atoms with Gasteiger partial charge in [0.25, 0.3) is 0 Å². The van der Waals surface area contributed by atoms with Crippen molar-refractivity contribution in [3.05, 3.63) is 0 Å². The van der Waals surface area contributed by atoms with Gasteiger partial charge in [0.05, 0.1) is 5.92 Å². The van der Waals surface area contributed by atoms with E-state index in [1.807, 2.05) is 4.90 Å². The molecule has 0 aromatic carbocycles. The van der Waals surface area contributed by atoms with E-state index < -0.39 is 0 Å². The molecular formula is C17H31N3O2. The summed E-state index contributed by atoms with van der Waals surface area (Å²) in [7, 11) is 0. The van der Waals surface area contributed by atoms with Gasteiger partial charge in [-0.3, -0.25) is 4.79 Å². The second kappa shape index (κ2) is 9.01. The molecule has 0 aromatic heterocycles. The third-order valence-corrected chi connectivity index (χ3v) is 4.88. The fourth-order valence-corrected chi connectivity index (χ4v) is 3.65. The Kier molecular flexibility index (Phi) is 7.00. The zero-order valence-electron chi connectivity index (χ0n) is 13.9. The number of fused-ring (bicyclic) bond motifs is 1. The quantitative estimate of drug-likeness (QED) is 0.824. The maximum absolute atomic E-state index is 12.6. The standard InChI is InChI=1S/C17H31N3O2/c1-2-11-19-17(22)20-13-8-4-3-7-12-18-16(21)14-9-5-6-10-15(14)20/h14-15H,2-13H2,1H3,(H,18,21)(H,19,22). The van der Waals surface area contributed by atoms with Crippen LogP contribution in [0.5, 0.6) is 0 Å². The predicted octanol–water partition coefficient (Wildman–Crippen LogP) is 2.66. The van der Waals surface area contributed by atoms with Crippen molar-refractivity contribution >= 4 is 11.9 Å². The van der Waals surface area contributed by atoms with Crippen molar-refractivity contribution in [1.82, 2.24) is 15.5 Å². The minimum absolute atomic E-state index is 0.0193. The number of hydrogen-bond donors (Lipinski definition) is 2. The number of carbonyl (C=O) groups excluding carboxylic acids is 2. The van der Waals surface area contributed by atoms with Crippen LogP contribution in [0.15, 0.2) is 0 Å². The Morgan fingerprint density at radius 1 is 1.18 bits per heavy atom. The fourth-order valence-electron chi connectivity index (χ4n) is 3.65. The normalized spacial score (nSPS) is 27.3. The highest BCUT2D eigenvalue weighted by Gasteiger charge is 2.36. The van der Waals surface area contributed by atoms with Gasteiger partial charge in [-0.1, -0.05) is 32.6 Å². The molecule has 2 rings (SSSR count). The second-order valence-corrected chi connectivity index (χ2v) is 6.59. The van der Waals surface area contributed by atoms with Crippen LogP contribution in [0.25, 0.3) is 0 Å². The average Bonchev–Trinajstić information content (AvgIpc) is 2.57. The first-order valence-electron chi connectivity index (χ1n) is 9.06. The van der Waals surface area contributed by atoms with Crippen molar-refractivity contribution in [2.75, 3.05) is 19.6 Å². The lowest BCUT2D eigenvalue weighted by atomic mass is 9.82. The highest BCUT2D eigenvalue weighted by Crippen LogP contribution is 2.29. The van der Waals surface area contributed by atoms with Crippen LogP contribution in [-0.2, 0) is 4.79 Å². The first kappa shape index (κ1) is 17.1. The van der Waals surface area contributed by atoms with Gasteiger partial charge >= 0.3 is 6.03 Å². The Morgan fingerprint density at radius 3 is 2.77 bits per heavy atom. The van der Waals surface area contributed by atoms with E-state index >= 15 is 0 Å². The Balaban J connectivity index is 2.13. The highest BCUT2D eigenvalue weighted by atomic mass is 16.2. The molecule has 2 fully saturated rings. The maximum atomic E-state index is 12.6. The number of urea groups is 1. The second-order valence-electron chi connectivity index (χ2n) is 6.59. The van der Waals surface area contributed by atoms with Gasteiger partial charge in [-0.2, -0.15) is 0 Å². The SMILES string of the molecule is CCCNC(=O)N1CCCCCCNC(=O)C2CCCCC21. The molecule has 0 bridgehead atoms. The summed E-state index contributed by atoms with van der Waals surface area (Å²) in [6, 6.07) is 0.0921. The number of nitrogens with zero attached hydrogens (tertiary/aromatic N) is 1. The summed E-state index contributed by atoms with van der Waals surface area (Å²) in [5.74, 6) is 0.124. The van der Waals surface area contributed by atoms with Crippen LogP contribution in [0.4, 0.5) is 4.79 Å². The molecule has 126 valence electrons. The zero-order chi connectivity index (χ0) is 15.8. The zero-order valence-corrected chi connectivity index (χ0v) is 13.9. The smallest absolute Gasteiger partial charge is 0.317 e. The molecule has 1 saturated heterocycles. The third kappa shape index (κ3) is 4.62. The Morgan fingerprint density at radius 2 is 1.95 bits per heavy atom. The van der Waals surface area contributed by atoms with E-state index in [1.165, 1.54) is 0 Å². The number of nitrogens with one attached hydrogen (secondary N) is 2. The first-order valence-corrected chi connectivity index (χ1v) is 9.06. The van der Waals surface area contributed by atoms with Crippen molar-refractivity contribution in [2.45, 2.75) is 70.8 Å². The van der Waals surface area contributed by atoms with Gasteiger partial charge in [-0.15, -0.1) is 0 Å². The Bertz CT molecular complexity index is 373. The summed E-state index contributed by atoms with van der Waals surface area (Å²) in [5.41, 5.74) is 0. The van der Waals surface area contributed by atoms with Crippen molar-refractivity contribution in [3.8, 4) is 0 Å². The Labute approximate surface area is 134 Å². The molecule has 1 heterocycles. The summed E-state index contributed by atoms with van der Waals surface area (Å²) < 4.78 is 0. The van der Waals surface area contributed by atoms with E-state index in [-0.39, 0.29) is 23.9 Å². The van der Waals surface area contributed by atoms with Crippen LogP contribution >= 0.6 is 0 Å². The van der Waals surface area contributed by atoms with E-state index in [0.29, 0.717) is 6.54 Å². The molecule has 3 amide bonds. The van der Waals surface area contributed by atoms with Crippen molar-refractivity contribution in [1.29, 1.82) is 0 Å². The minimum atomic E-state index is -0.0285. The molecule has 5 heteroatoms. The largest absolute Gasteiger partial charge is 0.356 e. The van der Waals surface area contributed by atoms with E-state index in [9.17, 15) is 9.59 Å². The molecule has 1 aliphatic heterocycles. The van der Waals surface area contributed by atoms with Gasteiger partial charge in [-0.05, 0) is 32.1 Å². The van der Waals surface area contributed by atoms with Crippen molar-refractivity contribution in [3.63, 3.8) is 0 Å². The van der Waals surface area contributed by atoms with Gasteiger partial charge < -0.3 is 15.5 Å². The number of amides is 3. The molecule has 0 aromatic rings. The maximum Gasteiger partial charge on any atom is 0.317 e. The molecule has 0 radical (unpaired) electrons. The lowest BCUT2D eigenvalue weighted by Crippen LogP contribution is -2.53. The first-order chi connectivity index (χ1) is 10.7. The van der Waals surface area contributed by atoms with E-state index in [2.05, 4.69) is 17.6 Å². The van der Waals surface area contributed by atoms with Crippen LogP contribution in [0, 0.1) is 5.92 Å². The van der Waals surface area contributed by atoms with Crippen LogP contribution < -0.4 is 10.6 Å². The fraction of sp³-hybridized carbons (Fsp3) is 0.882. The van der Waals surface area contributed by atoms with Gasteiger partial charge in [0, 0.05) is 25.7 Å². The molecule has 22 heavy (non-hydrogen) atoms. The van der Waals surface area contributed by atoms with Gasteiger partial charge in [0.1, 0.15) is 0 Å². The van der Waals surface area contributed by atoms with E-state index in [4.69, 9.17) is 0 Å². The average molecular weight is 309 g/mol. The summed E-state index contributed by atoms with van der Waals surface area (Å²) >= 11 is 0. The third-order valence-electron chi connectivity index (χ3n) is 4.88.